The Morgan fingerprint density at radius 2 is 1.90 bits per heavy atom. The topological polar surface area (TPSA) is 83.6 Å². The Labute approximate surface area is 120 Å². The molecule has 3 atom stereocenters. The molecule has 2 heterocycles. The SMILES string of the molecule is CC(CCCN)C(=O)N1C2CCC1CC(CC(=O)O)C2. The zero-order valence-corrected chi connectivity index (χ0v) is 12.3. The Kier molecular flexibility index (Phi) is 5.02. The van der Waals surface area contributed by atoms with Crippen molar-refractivity contribution >= 4 is 11.9 Å². The third-order valence-electron chi connectivity index (χ3n) is 4.81. The van der Waals surface area contributed by atoms with Gasteiger partial charge in [-0.25, -0.2) is 0 Å². The molecule has 0 spiro atoms. The van der Waals surface area contributed by atoms with Crippen molar-refractivity contribution in [2.45, 2.75) is 64.0 Å². The first-order chi connectivity index (χ1) is 9.52. The van der Waals surface area contributed by atoms with Gasteiger partial charge in [0, 0.05) is 24.4 Å². The number of nitrogens with zero attached hydrogens (tertiary/aromatic N) is 1. The van der Waals surface area contributed by atoms with Crippen LogP contribution < -0.4 is 5.73 Å². The molecule has 0 saturated carbocycles. The Hall–Kier alpha value is -1.10. The number of nitrogens with two attached hydrogens (primary N) is 1. The number of piperidine rings is 1. The molecular weight excluding hydrogens is 256 g/mol. The maximum absolute atomic E-state index is 12.6. The van der Waals surface area contributed by atoms with Crippen molar-refractivity contribution in [3.8, 4) is 0 Å². The molecule has 2 aliphatic heterocycles. The average Bonchev–Trinajstić information content (AvgIpc) is 2.66. The monoisotopic (exact) mass is 282 g/mol. The van der Waals surface area contributed by atoms with Gasteiger partial charge >= 0.3 is 5.97 Å². The molecule has 5 nitrogen and oxygen atoms in total. The van der Waals surface area contributed by atoms with Crippen LogP contribution in [0.2, 0.25) is 0 Å². The van der Waals surface area contributed by atoms with Crippen molar-refractivity contribution in [1.82, 2.24) is 4.90 Å². The first-order valence-corrected chi connectivity index (χ1v) is 7.77. The normalized spacial score (nSPS) is 30.3. The van der Waals surface area contributed by atoms with Crippen molar-refractivity contribution in [3.05, 3.63) is 0 Å². The molecule has 0 aromatic rings. The van der Waals surface area contributed by atoms with E-state index in [1.165, 1.54) is 0 Å². The summed E-state index contributed by atoms with van der Waals surface area (Å²) in [7, 11) is 0. The molecule has 0 aromatic heterocycles. The van der Waals surface area contributed by atoms with Crippen LogP contribution in [0.15, 0.2) is 0 Å². The number of aliphatic carboxylic acids is 1. The van der Waals surface area contributed by atoms with E-state index in [-0.39, 0.29) is 36.2 Å². The standard InChI is InChI=1S/C15H26N2O3/c1-10(3-2-6-16)15(20)17-12-4-5-13(17)8-11(7-12)9-14(18)19/h10-13H,2-9,16H2,1H3,(H,18,19). The minimum Gasteiger partial charge on any atom is -0.481 e. The Morgan fingerprint density at radius 1 is 1.30 bits per heavy atom. The third kappa shape index (κ3) is 3.32. The summed E-state index contributed by atoms with van der Waals surface area (Å²) in [4.78, 5) is 25.5. The maximum atomic E-state index is 12.6. The van der Waals surface area contributed by atoms with Crippen LogP contribution in [0.25, 0.3) is 0 Å². The van der Waals surface area contributed by atoms with Crippen molar-refractivity contribution in [3.63, 3.8) is 0 Å². The van der Waals surface area contributed by atoms with Gasteiger partial charge in [-0.3, -0.25) is 9.59 Å². The molecule has 0 aromatic carbocycles. The van der Waals surface area contributed by atoms with E-state index >= 15 is 0 Å². The highest BCUT2D eigenvalue weighted by Gasteiger charge is 2.44. The van der Waals surface area contributed by atoms with E-state index in [2.05, 4.69) is 4.90 Å². The third-order valence-corrected chi connectivity index (χ3v) is 4.81. The van der Waals surface area contributed by atoms with Gasteiger partial charge in [-0.15, -0.1) is 0 Å². The highest BCUT2D eigenvalue weighted by Crippen LogP contribution is 2.40. The predicted octanol–water partition coefficient (Wildman–Crippen LogP) is 1.61. The van der Waals surface area contributed by atoms with Crippen molar-refractivity contribution in [2.75, 3.05) is 6.54 Å². The van der Waals surface area contributed by atoms with Gasteiger partial charge in [-0.2, -0.15) is 0 Å². The minimum atomic E-state index is -0.717. The molecule has 0 aliphatic carbocycles. The predicted molar refractivity (Wildman–Crippen MR) is 76.1 cm³/mol. The van der Waals surface area contributed by atoms with E-state index in [0.717, 1.165) is 38.5 Å². The van der Waals surface area contributed by atoms with Crippen LogP contribution in [-0.2, 0) is 9.59 Å². The number of carbonyl (C=O) groups is 2. The van der Waals surface area contributed by atoms with Crippen LogP contribution >= 0.6 is 0 Å². The summed E-state index contributed by atoms with van der Waals surface area (Å²) in [6.45, 7) is 2.62. The summed E-state index contributed by atoms with van der Waals surface area (Å²) in [6, 6.07) is 0.539. The molecule has 2 aliphatic rings. The fraction of sp³-hybridized carbons (Fsp3) is 0.867. The van der Waals surface area contributed by atoms with Crippen LogP contribution in [0.4, 0.5) is 0 Å². The molecule has 0 radical (unpaired) electrons. The second-order valence-electron chi connectivity index (χ2n) is 6.40. The molecule has 2 saturated heterocycles. The number of carboxylic acid groups (broad SMARTS) is 1. The van der Waals surface area contributed by atoms with E-state index in [9.17, 15) is 9.59 Å². The van der Waals surface area contributed by atoms with Crippen LogP contribution in [0.5, 0.6) is 0 Å². The fourth-order valence-corrected chi connectivity index (χ4v) is 3.87. The van der Waals surface area contributed by atoms with Crippen molar-refractivity contribution < 1.29 is 14.7 Å². The van der Waals surface area contributed by atoms with Crippen LogP contribution in [0, 0.1) is 11.8 Å². The van der Waals surface area contributed by atoms with Gasteiger partial charge in [0.05, 0.1) is 0 Å². The first kappa shape index (κ1) is 15.3. The minimum absolute atomic E-state index is 0.0395. The number of rotatable bonds is 6. The highest BCUT2D eigenvalue weighted by atomic mass is 16.4. The molecule has 5 heteroatoms. The van der Waals surface area contributed by atoms with E-state index in [0.29, 0.717) is 6.54 Å². The van der Waals surface area contributed by atoms with Gasteiger partial charge in [-0.05, 0) is 51.0 Å². The van der Waals surface area contributed by atoms with Gasteiger partial charge in [0.25, 0.3) is 0 Å². The summed E-state index contributed by atoms with van der Waals surface area (Å²) in [6.07, 6.45) is 5.78. The zero-order valence-electron chi connectivity index (χ0n) is 12.3. The average molecular weight is 282 g/mol. The van der Waals surface area contributed by atoms with Crippen molar-refractivity contribution in [1.29, 1.82) is 0 Å². The molecule has 20 heavy (non-hydrogen) atoms. The Balaban J connectivity index is 1.94. The van der Waals surface area contributed by atoms with E-state index in [1.54, 1.807) is 0 Å². The van der Waals surface area contributed by atoms with Crippen LogP contribution in [-0.4, -0.2) is 40.5 Å². The largest absolute Gasteiger partial charge is 0.481 e. The molecule has 2 rings (SSSR count). The molecule has 2 bridgehead atoms. The lowest BCUT2D eigenvalue weighted by Crippen LogP contribution is -2.48. The lowest BCUT2D eigenvalue weighted by Gasteiger charge is -2.40. The van der Waals surface area contributed by atoms with Gasteiger partial charge in [0.2, 0.25) is 5.91 Å². The number of hydrogen-bond donors (Lipinski definition) is 2. The van der Waals surface area contributed by atoms with Crippen LogP contribution in [0.1, 0.15) is 51.9 Å². The molecular formula is C15H26N2O3. The van der Waals surface area contributed by atoms with Gasteiger partial charge < -0.3 is 15.7 Å². The second-order valence-corrected chi connectivity index (χ2v) is 6.40. The van der Waals surface area contributed by atoms with Gasteiger partial charge in [0.1, 0.15) is 0 Å². The number of amides is 1. The van der Waals surface area contributed by atoms with Crippen LogP contribution in [0.3, 0.4) is 0 Å². The van der Waals surface area contributed by atoms with E-state index in [4.69, 9.17) is 10.8 Å². The van der Waals surface area contributed by atoms with Crippen molar-refractivity contribution in [2.24, 2.45) is 17.6 Å². The number of hydrogen-bond acceptors (Lipinski definition) is 3. The summed E-state index contributed by atoms with van der Waals surface area (Å²) in [5.41, 5.74) is 5.51. The van der Waals surface area contributed by atoms with E-state index < -0.39 is 5.97 Å². The lowest BCUT2D eigenvalue weighted by atomic mass is 9.87. The highest BCUT2D eigenvalue weighted by molar-refractivity contribution is 5.79. The summed E-state index contributed by atoms with van der Waals surface area (Å²) < 4.78 is 0. The molecule has 114 valence electrons. The molecule has 1 amide bonds. The number of carboxylic acids is 1. The second kappa shape index (κ2) is 6.57. The summed E-state index contributed by atoms with van der Waals surface area (Å²) >= 11 is 0. The smallest absolute Gasteiger partial charge is 0.303 e. The zero-order chi connectivity index (χ0) is 14.7. The maximum Gasteiger partial charge on any atom is 0.303 e. The fourth-order valence-electron chi connectivity index (χ4n) is 3.87. The first-order valence-electron chi connectivity index (χ1n) is 7.77. The quantitative estimate of drug-likeness (QED) is 0.775. The molecule has 2 fully saturated rings. The van der Waals surface area contributed by atoms with Gasteiger partial charge in [0.15, 0.2) is 0 Å². The molecule has 3 N–H and O–H groups in total. The Morgan fingerprint density at radius 3 is 2.40 bits per heavy atom. The lowest BCUT2D eigenvalue weighted by molar-refractivity contribution is -0.142. The summed E-state index contributed by atoms with van der Waals surface area (Å²) in [5.74, 6) is -0.184. The van der Waals surface area contributed by atoms with E-state index in [1.807, 2.05) is 6.92 Å². The summed E-state index contributed by atoms with van der Waals surface area (Å²) in [5, 5.41) is 8.93. The van der Waals surface area contributed by atoms with Gasteiger partial charge in [-0.1, -0.05) is 6.92 Å². The molecule has 3 unspecified atom stereocenters. The number of carbonyl (C=O) groups excluding carboxylic acids is 1. The Bertz CT molecular complexity index is 358. The number of fused-ring (bicyclic) bond motifs is 2.